The quantitative estimate of drug-likeness (QED) is 0.708. The van der Waals surface area contributed by atoms with Crippen molar-refractivity contribution in [3.8, 4) is 5.75 Å². The van der Waals surface area contributed by atoms with Crippen LogP contribution in [0.2, 0.25) is 0 Å². The zero-order chi connectivity index (χ0) is 12.4. The summed E-state index contributed by atoms with van der Waals surface area (Å²) in [6.07, 6.45) is 8.94. The molecule has 1 heterocycles. The molecule has 1 atom stereocenters. The highest BCUT2D eigenvalue weighted by Crippen LogP contribution is 2.37. The predicted octanol–water partition coefficient (Wildman–Crippen LogP) is 4.87. The summed E-state index contributed by atoms with van der Waals surface area (Å²) >= 11 is 6.59. The maximum absolute atomic E-state index is 6.59. The summed E-state index contributed by atoms with van der Waals surface area (Å²) in [5.41, 5.74) is 2.63. The Balaban J connectivity index is 1.70. The molecule has 0 spiro atoms. The summed E-state index contributed by atoms with van der Waals surface area (Å²) in [6, 6.07) is 6.52. The Labute approximate surface area is 114 Å². The number of benzene rings is 1. The molecule has 98 valence electrons. The fourth-order valence-electron chi connectivity index (χ4n) is 3.25. The maximum Gasteiger partial charge on any atom is 0.122 e. The Morgan fingerprint density at radius 2 is 2.06 bits per heavy atom. The lowest BCUT2D eigenvalue weighted by atomic mass is 9.95. The van der Waals surface area contributed by atoms with Crippen LogP contribution in [0.3, 0.4) is 0 Å². The number of hydrogen-bond donors (Lipinski definition) is 0. The number of fused-ring (bicyclic) bond motifs is 1. The number of aryl methyl sites for hydroxylation is 1. The molecule has 1 aliphatic heterocycles. The van der Waals surface area contributed by atoms with E-state index in [9.17, 15) is 0 Å². The molecule has 0 saturated heterocycles. The topological polar surface area (TPSA) is 9.23 Å². The molecule has 1 aromatic rings. The average Bonchev–Trinajstić information content (AvgIpc) is 2.91. The summed E-state index contributed by atoms with van der Waals surface area (Å²) < 4.78 is 5.65. The van der Waals surface area contributed by atoms with E-state index >= 15 is 0 Å². The van der Waals surface area contributed by atoms with Gasteiger partial charge in [-0.25, -0.2) is 0 Å². The second-order valence-electron chi connectivity index (χ2n) is 5.67. The third-order valence-corrected chi connectivity index (χ3v) is 4.74. The van der Waals surface area contributed by atoms with Crippen LogP contribution >= 0.6 is 11.6 Å². The molecule has 1 unspecified atom stereocenters. The Kier molecular flexibility index (Phi) is 3.79. The van der Waals surface area contributed by atoms with Crippen LogP contribution in [0.15, 0.2) is 18.2 Å². The molecule has 2 aliphatic rings. The van der Waals surface area contributed by atoms with Crippen molar-refractivity contribution < 1.29 is 4.74 Å². The lowest BCUT2D eigenvalue weighted by molar-refractivity contribution is 0.288. The number of alkyl halides is 1. The number of halogens is 1. The molecule has 0 radical (unpaired) electrons. The van der Waals surface area contributed by atoms with Crippen LogP contribution in [-0.4, -0.2) is 6.61 Å². The SMILES string of the molecule is ClC(CC1CCCC1)c1ccc2c(c1)CCCO2. The highest BCUT2D eigenvalue weighted by atomic mass is 35.5. The largest absolute Gasteiger partial charge is 0.493 e. The summed E-state index contributed by atoms with van der Waals surface area (Å²) in [5, 5.41) is 0.181. The van der Waals surface area contributed by atoms with Crippen molar-refractivity contribution in [1.82, 2.24) is 0 Å². The van der Waals surface area contributed by atoms with Crippen molar-refractivity contribution in [2.24, 2.45) is 5.92 Å². The minimum Gasteiger partial charge on any atom is -0.493 e. The van der Waals surface area contributed by atoms with Gasteiger partial charge in [-0.15, -0.1) is 11.6 Å². The van der Waals surface area contributed by atoms with Gasteiger partial charge in [-0.2, -0.15) is 0 Å². The number of rotatable bonds is 3. The lowest BCUT2D eigenvalue weighted by Crippen LogP contribution is -2.09. The summed E-state index contributed by atoms with van der Waals surface area (Å²) in [7, 11) is 0. The Morgan fingerprint density at radius 3 is 2.89 bits per heavy atom. The van der Waals surface area contributed by atoms with Crippen LogP contribution in [0, 0.1) is 5.92 Å². The van der Waals surface area contributed by atoms with Gasteiger partial charge in [0, 0.05) is 0 Å². The van der Waals surface area contributed by atoms with Crippen LogP contribution < -0.4 is 4.74 Å². The highest BCUT2D eigenvalue weighted by Gasteiger charge is 2.21. The molecule has 0 amide bonds. The van der Waals surface area contributed by atoms with E-state index in [2.05, 4.69) is 18.2 Å². The van der Waals surface area contributed by atoms with Crippen molar-refractivity contribution in [3.05, 3.63) is 29.3 Å². The standard InChI is InChI=1S/C16H21ClO/c17-15(10-12-4-1-2-5-12)13-7-8-16-14(11-13)6-3-9-18-16/h7-8,11-12,15H,1-6,9-10H2. The van der Waals surface area contributed by atoms with Crippen molar-refractivity contribution in [3.63, 3.8) is 0 Å². The molecule has 1 nitrogen and oxygen atoms in total. The third kappa shape index (κ3) is 2.66. The Bertz CT molecular complexity index is 410. The van der Waals surface area contributed by atoms with Crippen molar-refractivity contribution in [1.29, 1.82) is 0 Å². The predicted molar refractivity (Wildman–Crippen MR) is 75.4 cm³/mol. The first-order valence-electron chi connectivity index (χ1n) is 7.22. The zero-order valence-corrected chi connectivity index (χ0v) is 11.6. The first-order valence-corrected chi connectivity index (χ1v) is 7.66. The average molecular weight is 265 g/mol. The first kappa shape index (κ1) is 12.3. The molecule has 1 aliphatic carbocycles. The molecular weight excluding hydrogens is 244 g/mol. The summed E-state index contributed by atoms with van der Waals surface area (Å²) in [4.78, 5) is 0. The van der Waals surface area contributed by atoms with Crippen molar-refractivity contribution in [2.45, 2.75) is 50.3 Å². The molecule has 2 heteroatoms. The van der Waals surface area contributed by atoms with E-state index in [1.54, 1.807) is 0 Å². The van der Waals surface area contributed by atoms with Gasteiger partial charge in [0.2, 0.25) is 0 Å². The van der Waals surface area contributed by atoms with Gasteiger partial charge in [0.15, 0.2) is 0 Å². The highest BCUT2D eigenvalue weighted by molar-refractivity contribution is 6.20. The smallest absolute Gasteiger partial charge is 0.122 e. The summed E-state index contributed by atoms with van der Waals surface area (Å²) in [5.74, 6) is 1.91. The maximum atomic E-state index is 6.59. The minimum absolute atomic E-state index is 0.181. The van der Waals surface area contributed by atoms with Gasteiger partial charge in [-0.1, -0.05) is 37.8 Å². The monoisotopic (exact) mass is 264 g/mol. The van der Waals surface area contributed by atoms with E-state index < -0.39 is 0 Å². The van der Waals surface area contributed by atoms with Crippen LogP contribution in [0.25, 0.3) is 0 Å². The molecule has 0 aromatic heterocycles. The molecular formula is C16H21ClO. The van der Waals surface area contributed by atoms with Gasteiger partial charge in [0.05, 0.1) is 12.0 Å². The first-order chi connectivity index (χ1) is 8.83. The van der Waals surface area contributed by atoms with Gasteiger partial charge < -0.3 is 4.74 Å². The molecule has 1 fully saturated rings. The number of ether oxygens (including phenoxy) is 1. The Morgan fingerprint density at radius 1 is 1.22 bits per heavy atom. The molecule has 1 saturated carbocycles. The lowest BCUT2D eigenvalue weighted by Gasteiger charge is -2.20. The molecule has 3 rings (SSSR count). The minimum atomic E-state index is 0.181. The van der Waals surface area contributed by atoms with Gasteiger partial charge in [0.1, 0.15) is 5.75 Å². The van der Waals surface area contributed by atoms with E-state index in [1.807, 2.05) is 0 Å². The van der Waals surface area contributed by atoms with E-state index in [1.165, 1.54) is 36.8 Å². The van der Waals surface area contributed by atoms with Crippen LogP contribution in [0.1, 0.15) is 55.0 Å². The number of hydrogen-bond acceptors (Lipinski definition) is 1. The van der Waals surface area contributed by atoms with Crippen LogP contribution in [0.5, 0.6) is 5.75 Å². The van der Waals surface area contributed by atoms with E-state index in [0.717, 1.165) is 37.5 Å². The van der Waals surface area contributed by atoms with Gasteiger partial charge in [-0.05, 0) is 42.4 Å². The molecule has 0 N–H and O–H groups in total. The van der Waals surface area contributed by atoms with Crippen molar-refractivity contribution >= 4 is 11.6 Å². The normalized spacial score (nSPS) is 21.4. The van der Waals surface area contributed by atoms with Crippen LogP contribution in [-0.2, 0) is 6.42 Å². The third-order valence-electron chi connectivity index (χ3n) is 4.31. The van der Waals surface area contributed by atoms with Crippen LogP contribution in [0.4, 0.5) is 0 Å². The fraction of sp³-hybridized carbons (Fsp3) is 0.625. The summed E-state index contributed by atoms with van der Waals surface area (Å²) in [6.45, 7) is 0.860. The second-order valence-corrected chi connectivity index (χ2v) is 6.20. The van der Waals surface area contributed by atoms with E-state index in [-0.39, 0.29) is 5.38 Å². The fourth-order valence-corrected chi connectivity index (χ4v) is 3.64. The second kappa shape index (κ2) is 5.52. The van der Waals surface area contributed by atoms with Gasteiger partial charge in [0.25, 0.3) is 0 Å². The van der Waals surface area contributed by atoms with Gasteiger partial charge >= 0.3 is 0 Å². The van der Waals surface area contributed by atoms with E-state index in [4.69, 9.17) is 16.3 Å². The van der Waals surface area contributed by atoms with Crippen molar-refractivity contribution in [2.75, 3.05) is 6.61 Å². The molecule has 18 heavy (non-hydrogen) atoms. The molecule has 0 bridgehead atoms. The zero-order valence-electron chi connectivity index (χ0n) is 10.8. The van der Waals surface area contributed by atoms with E-state index in [0.29, 0.717) is 0 Å². The van der Waals surface area contributed by atoms with Gasteiger partial charge in [-0.3, -0.25) is 0 Å². The molecule has 1 aromatic carbocycles. The Hall–Kier alpha value is -0.690.